The summed E-state index contributed by atoms with van der Waals surface area (Å²) in [6.07, 6.45) is 6.65. The van der Waals surface area contributed by atoms with Crippen molar-refractivity contribution in [3.8, 4) is 5.75 Å². The van der Waals surface area contributed by atoms with E-state index in [4.69, 9.17) is 4.74 Å². The van der Waals surface area contributed by atoms with Gasteiger partial charge in [-0.2, -0.15) is 0 Å². The first kappa shape index (κ1) is 23.4. The van der Waals surface area contributed by atoms with Gasteiger partial charge in [0.25, 0.3) is 5.56 Å². The largest absolute Gasteiger partial charge is 0.497 e. The van der Waals surface area contributed by atoms with Crippen LogP contribution in [0, 0.1) is 5.41 Å². The van der Waals surface area contributed by atoms with Crippen molar-refractivity contribution in [3.63, 3.8) is 0 Å². The number of unbranched alkanes of at least 4 members (excludes halogenated alkanes) is 1. The van der Waals surface area contributed by atoms with Crippen LogP contribution in [0.4, 0.5) is 0 Å². The minimum absolute atomic E-state index is 0.0290. The van der Waals surface area contributed by atoms with Crippen LogP contribution in [0.1, 0.15) is 83.3 Å². The molecule has 0 radical (unpaired) electrons. The molecule has 0 aliphatic heterocycles. The Morgan fingerprint density at radius 1 is 1.23 bits per heavy atom. The molecule has 0 unspecified atom stereocenters. The zero-order valence-electron chi connectivity index (χ0n) is 19.8. The average molecular weight is 427 g/mol. The molecule has 0 saturated heterocycles. The zero-order valence-corrected chi connectivity index (χ0v) is 19.8. The quantitative estimate of drug-likeness (QED) is 0.614. The Balaban J connectivity index is 2.05. The van der Waals surface area contributed by atoms with Gasteiger partial charge in [0.15, 0.2) is 0 Å². The fraction of sp³-hybridized carbons (Fsp3) is 0.615. The lowest BCUT2D eigenvalue weighted by molar-refractivity contribution is -0.131. The fourth-order valence-electron chi connectivity index (χ4n) is 4.80. The molecule has 1 fully saturated rings. The molecule has 31 heavy (non-hydrogen) atoms. The standard InChI is InChI=1S/C26H38N2O3/c1-6-7-14-28(17-26(2,3)4)23(29)16-21-20-13-12-19(31-5)15-22(20)27-25(30)24(21)18-10-8-9-11-18/h12-13,15,18H,6-11,14,16-17H2,1-5H3,(H,27,30). The second-order valence-electron chi connectivity index (χ2n) is 10.1. The Morgan fingerprint density at radius 2 is 1.94 bits per heavy atom. The summed E-state index contributed by atoms with van der Waals surface area (Å²) in [5.41, 5.74) is 2.46. The molecule has 1 N–H and O–H groups in total. The molecule has 0 bridgehead atoms. The Morgan fingerprint density at radius 3 is 2.55 bits per heavy atom. The Hall–Kier alpha value is -2.30. The highest BCUT2D eigenvalue weighted by Crippen LogP contribution is 2.36. The summed E-state index contributed by atoms with van der Waals surface area (Å²) in [6.45, 7) is 10.1. The highest BCUT2D eigenvalue weighted by molar-refractivity contribution is 5.90. The van der Waals surface area contributed by atoms with Crippen LogP contribution >= 0.6 is 0 Å². The van der Waals surface area contributed by atoms with Gasteiger partial charge in [-0.1, -0.05) is 47.0 Å². The van der Waals surface area contributed by atoms with E-state index in [1.165, 1.54) is 0 Å². The van der Waals surface area contributed by atoms with E-state index in [0.29, 0.717) is 5.75 Å². The van der Waals surface area contributed by atoms with Crippen molar-refractivity contribution in [2.45, 2.75) is 78.6 Å². The Kier molecular flexibility index (Phi) is 7.45. The van der Waals surface area contributed by atoms with Gasteiger partial charge in [-0.15, -0.1) is 0 Å². The van der Waals surface area contributed by atoms with Gasteiger partial charge in [-0.05, 0) is 48.3 Å². The third-order valence-electron chi connectivity index (χ3n) is 6.26. The minimum Gasteiger partial charge on any atom is -0.497 e. The van der Waals surface area contributed by atoms with Crippen molar-refractivity contribution in [1.82, 2.24) is 9.88 Å². The topological polar surface area (TPSA) is 62.4 Å². The number of nitrogens with zero attached hydrogens (tertiary/aromatic N) is 1. The van der Waals surface area contributed by atoms with Crippen molar-refractivity contribution < 1.29 is 9.53 Å². The maximum atomic E-state index is 13.5. The molecule has 1 heterocycles. The molecule has 0 atom stereocenters. The van der Waals surface area contributed by atoms with E-state index in [1.54, 1.807) is 7.11 Å². The summed E-state index contributed by atoms with van der Waals surface area (Å²) in [6, 6.07) is 5.76. The van der Waals surface area contributed by atoms with E-state index in [0.717, 1.165) is 73.6 Å². The van der Waals surface area contributed by atoms with Crippen molar-refractivity contribution in [2.75, 3.05) is 20.2 Å². The van der Waals surface area contributed by atoms with Crippen molar-refractivity contribution in [2.24, 2.45) is 5.41 Å². The molecule has 5 heteroatoms. The molecule has 1 amide bonds. The third-order valence-corrected chi connectivity index (χ3v) is 6.26. The monoisotopic (exact) mass is 426 g/mol. The number of carbonyl (C=O) groups is 1. The first-order chi connectivity index (χ1) is 14.7. The average Bonchev–Trinajstić information content (AvgIpc) is 3.23. The number of carbonyl (C=O) groups excluding carboxylic acids is 1. The number of ether oxygens (including phenoxy) is 1. The second-order valence-corrected chi connectivity index (χ2v) is 10.1. The normalized spacial score (nSPS) is 14.9. The van der Waals surface area contributed by atoms with Gasteiger partial charge in [0, 0.05) is 30.1 Å². The molecular formula is C26H38N2O3. The summed E-state index contributed by atoms with van der Waals surface area (Å²) < 4.78 is 5.35. The van der Waals surface area contributed by atoms with Crippen LogP contribution in [-0.2, 0) is 11.2 Å². The number of hydrogen-bond donors (Lipinski definition) is 1. The SMILES string of the molecule is CCCCN(CC(C)(C)C)C(=O)Cc1c(C2CCCC2)c(=O)[nH]c2cc(OC)ccc12. The summed E-state index contributed by atoms with van der Waals surface area (Å²) >= 11 is 0. The predicted molar refractivity (Wildman–Crippen MR) is 127 cm³/mol. The molecule has 1 aromatic carbocycles. The molecule has 0 spiro atoms. The van der Waals surface area contributed by atoms with Crippen LogP contribution in [0.3, 0.4) is 0 Å². The molecule has 1 aromatic heterocycles. The molecule has 5 nitrogen and oxygen atoms in total. The van der Waals surface area contributed by atoms with Gasteiger partial charge in [-0.25, -0.2) is 0 Å². The summed E-state index contributed by atoms with van der Waals surface area (Å²) in [5, 5.41) is 0.960. The third kappa shape index (κ3) is 5.69. The lowest BCUT2D eigenvalue weighted by Crippen LogP contribution is -2.39. The van der Waals surface area contributed by atoms with Crippen molar-refractivity contribution >= 4 is 16.8 Å². The highest BCUT2D eigenvalue weighted by Gasteiger charge is 2.28. The number of pyridine rings is 1. The van der Waals surface area contributed by atoms with Gasteiger partial charge >= 0.3 is 0 Å². The smallest absolute Gasteiger partial charge is 0.252 e. The Bertz CT molecular complexity index is 965. The van der Waals surface area contributed by atoms with Gasteiger partial charge in [0.05, 0.1) is 19.0 Å². The first-order valence-corrected chi connectivity index (χ1v) is 11.7. The molecule has 1 aliphatic carbocycles. The number of nitrogens with one attached hydrogen (secondary N) is 1. The van der Waals surface area contributed by atoms with E-state index < -0.39 is 0 Å². The van der Waals surface area contributed by atoms with Crippen LogP contribution in [0.2, 0.25) is 0 Å². The molecule has 170 valence electrons. The van der Waals surface area contributed by atoms with Crippen molar-refractivity contribution in [3.05, 3.63) is 39.7 Å². The lowest BCUT2D eigenvalue weighted by atomic mass is 9.89. The first-order valence-electron chi connectivity index (χ1n) is 11.7. The molecule has 1 saturated carbocycles. The molecule has 1 aliphatic rings. The van der Waals surface area contributed by atoms with Gasteiger partial charge in [0.1, 0.15) is 5.75 Å². The van der Waals surface area contributed by atoms with Crippen molar-refractivity contribution in [1.29, 1.82) is 0 Å². The Labute approximate surface area is 186 Å². The molecule has 2 aromatic rings. The number of rotatable bonds is 8. The number of hydrogen-bond acceptors (Lipinski definition) is 3. The molecule has 3 rings (SSSR count). The van der Waals surface area contributed by atoms with E-state index >= 15 is 0 Å². The van der Waals surface area contributed by atoms with Gasteiger partial charge in [-0.3, -0.25) is 9.59 Å². The van der Waals surface area contributed by atoms with Gasteiger partial charge < -0.3 is 14.6 Å². The number of amides is 1. The number of aromatic amines is 1. The predicted octanol–water partition coefficient (Wildman–Crippen LogP) is 5.41. The fourth-order valence-corrected chi connectivity index (χ4v) is 4.80. The van der Waals surface area contributed by atoms with E-state index in [-0.39, 0.29) is 29.2 Å². The highest BCUT2D eigenvalue weighted by atomic mass is 16.5. The second kappa shape index (κ2) is 9.88. The number of fused-ring (bicyclic) bond motifs is 1. The van der Waals surface area contributed by atoms with Crippen LogP contribution in [0.25, 0.3) is 10.9 Å². The summed E-state index contributed by atoms with van der Waals surface area (Å²) in [7, 11) is 1.62. The molecular weight excluding hydrogens is 388 g/mol. The minimum atomic E-state index is -0.0496. The van der Waals surface area contributed by atoms with Crippen LogP contribution in [0.5, 0.6) is 5.75 Å². The van der Waals surface area contributed by atoms with Crippen LogP contribution in [-0.4, -0.2) is 36.0 Å². The number of benzene rings is 1. The summed E-state index contributed by atoms with van der Waals surface area (Å²) in [5.74, 6) is 1.06. The summed E-state index contributed by atoms with van der Waals surface area (Å²) in [4.78, 5) is 31.8. The van der Waals surface area contributed by atoms with E-state index in [1.807, 2.05) is 23.1 Å². The maximum Gasteiger partial charge on any atom is 0.252 e. The van der Waals surface area contributed by atoms with Crippen LogP contribution in [0.15, 0.2) is 23.0 Å². The van der Waals surface area contributed by atoms with E-state index in [2.05, 4.69) is 32.7 Å². The lowest BCUT2D eigenvalue weighted by Gasteiger charge is -2.30. The van der Waals surface area contributed by atoms with E-state index in [9.17, 15) is 9.59 Å². The number of H-pyrrole nitrogens is 1. The maximum absolute atomic E-state index is 13.5. The number of aromatic nitrogens is 1. The van der Waals surface area contributed by atoms with Crippen LogP contribution < -0.4 is 10.3 Å². The van der Waals surface area contributed by atoms with Gasteiger partial charge in [0.2, 0.25) is 5.91 Å². The zero-order chi connectivity index (χ0) is 22.6. The number of methoxy groups -OCH3 is 1.